The molecule has 0 atom stereocenters. The Morgan fingerprint density at radius 1 is 1.30 bits per heavy atom. The van der Waals surface area contributed by atoms with Crippen molar-refractivity contribution in [3.63, 3.8) is 0 Å². The van der Waals surface area contributed by atoms with E-state index in [0.29, 0.717) is 23.2 Å². The van der Waals surface area contributed by atoms with Gasteiger partial charge in [0.25, 0.3) is 0 Å². The minimum atomic E-state index is -0.928. The lowest BCUT2D eigenvalue weighted by Crippen LogP contribution is -2.34. The zero-order chi connectivity index (χ0) is 16.8. The first-order valence-electron chi connectivity index (χ1n) is 7.19. The highest BCUT2D eigenvalue weighted by molar-refractivity contribution is 6.30. The van der Waals surface area contributed by atoms with Crippen LogP contribution in [0.5, 0.6) is 0 Å². The van der Waals surface area contributed by atoms with Crippen molar-refractivity contribution in [2.75, 3.05) is 13.1 Å². The molecule has 2 aromatic rings. The minimum Gasteiger partial charge on any atom is -0.481 e. The smallest absolute Gasteiger partial charge is 0.305 e. The van der Waals surface area contributed by atoms with Crippen LogP contribution >= 0.6 is 11.6 Å². The van der Waals surface area contributed by atoms with Gasteiger partial charge in [-0.15, -0.1) is 0 Å². The molecule has 1 amide bonds. The van der Waals surface area contributed by atoms with Gasteiger partial charge in [0.05, 0.1) is 18.5 Å². The second-order valence-electron chi connectivity index (χ2n) is 4.94. The topological polar surface area (TPSA) is 83.6 Å². The highest BCUT2D eigenvalue weighted by atomic mass is 35.5. The van der Waals surface area contributed by atoms with Gasteiger partial charge < -0.3 is 14.4 Å². The number of aromatic nitrogens is 1. The standard InChI is InChI=1S/C16H17ClN2O4/c1-2-19(8-7-15(21)22)14(20)9-13-10-23-16(18-13)11-3-5-12(17)6-4-11/h3-6,10H,2,7-9H2,1H3,(H,21,22). The maximum atomic E-state index is 12.2. The molecule has 1 heterocycles. The number of hydrogen-bond donors (Lipinski definition) is 1. The van der Waals surface area contributed by atoms with Gasteiger partial charge in [-0.2, -0.15) is 0 Å². The van der Waals surface area contributed by atoms with Crippen LogP contribution in [-0.4, -0.2) is 40.0 Å². The first-order valence-corrected chi connectivity index (χ1v) is 7.57. The highest BCUT2D eigenvalue weighted by Crippen LogP contribution is 2.21. The Morgan fingerprint density at radius 3 is 2.61 bits per heavy atom. The molecule has 6 nitrogen and oxygen atoms in total. The summed E-state index contributed by atoms with van der Waals surface area (Å²) in [5.41, 5.74) is 1.28. The van der Waals surface area contributed by atoms with Gasteiger partial charge in [0.1, 0.15) is 6.26 Å². The Labute approximate surface area is 138 Å². The lowest BCUT2D eigenvalue weighted by Gasteiger charge is -2.19. The van der Waals surface area contributed by atoms with E-state index >= 15 is 0 Å². The molecule has 0 fully saturated rings. The van der Waals surface area contributed by atoms with Crippen LogP contribution in [0.15, 0.2) is 34.9 Å². The minimum absolute atomic E-state index is 0.0740. The van der Waals surface area contributed by atoms with E-state index in [-0.39, 0.29) is 25.3 Å². The first-order chi connectivity index (χ1) is 11.0. The number of likely N-dealkylation sites (N-methyl/N-ethyl adjacent to an activating group) is 1. The fourth-order valence-electron chi connectivity index (χ4n) is 2.07. The number of oxazole rings is 1. The zero-order valence-electron chi connectivity index (χ0n) is 12.7. The summed E-state index contributed by atoms with van der Waals surface area (Å²) in [6, 6.07) is 7.03. The van der Waals surface area contributed by atoms with Gasteiger partial charge in [0, 0.05) is 23.7 Å². The van der Waals surface area contributed by atoms with E-state index in [1.807, 2.05) is 6.92 Å². The molecule has 0 saturated carbocycles. The number of nitrogens with zero attached hydrogens (tertiary/aromatic N) is 2. The molecule has 1 N–H and O–H groups in total. The molecule has 122 valence electrons. The summed E-state index contributed by atoms with van der Waals surface area (Å²) in [7, 11) is 0. The molecule has 0 radical (unpaired) electrons. The predicted molar refractivity (Wildman–Crippen MR) is 85.2 cm³/mol. The summed E-state index contributed by atoms with van der Waals surface area (Å²) >= 11 is 5.83. The molecular weight excluding hydrogens is 320 g/mol. The van der Waals surface area contributed by atoms with Crippen LogP contribution in [0.2, 0.25) is 5.02 Å². The van der Waals surface area contributed by atoms with Crippen molar-refractivity contribution in [2.45, 2.75) is 19.8 Å². The molecule has 0 aliphatic heterocycles. The number of halogens is 1. The lowest BCUT2D eigenvalue weighted by molar-refractivity contribution is -0.138. The van der Waals surface area contributed by atoms with Gasteiger partial charge in [0.2, 0.25) is 11.8 Å². The van der Waals surface area contributed by atoms with Crippen molar-refractivity contribution in [1.82, 2.24) is 9.88 Å². The van der Waals surface area contributed by atoms with E-state index in [1.165, 1.54) is 11.2 Å². The number of carboxylic acid groups (broad SMARTS) is 1. The number of benzene rings is 1. The number of carbonyl (C=O) groups excluding carboxylic acids is 1. The third kappa shape index (κ3) is 4.82. The van der Waals surface area contributed by atoms with E-state index in [4.69, 9.17) is 21.1 Å². The Bertz CT molecular complexity index is 682. The van der Waals surface area contributed by atoms with E-state index in [9.17, 15) is 9.59 Å². The zero-order valence-corrected chi connectivity index (χ0v) is 13.4. The van der Waals surface area contributed by atoms with Crippen LogP contribution in [0.4, 0.5) is 0 Å². The van der Waals surface area contributed by atoms with Gasteiger partial charge in [-0.05, 0) is 31.2 Å². The van der Waals surface area contributed by atoms with Gasteiger partial charge in [0.15, 0.2) is 0 Å². The summed E-state index contributed by atoms with van der Waals surface area (Å²) in [6.07, 6.45) is 1.44. The molecule has 2 rings (SSSR count). The van der Waals surface area contributed by atoms with Crippen LogP contribution in [0.1, 0.15) is 19.0 Å². The van der Waals surface area contributed by atoms with Gasteiger partial charge >= 0.3 is 5.97 Å². The summed E-state index contributed by atoms with van der Waals surface area (Å²) < 4.78 is 5.38. The summed E-state index contributed by atoms with van der Waals surface area (Å²) in [4.78, 5) is 28.6. The summed E-state index contributed by atoms with van der Waals surface area (Å²) in [5, 5.41) is 9.32. The van der Waals surface area contributed by atoms with Gasteiger partial charge in [-0.1, -0.05) is 11.6 Å². The first kappa shape index (κ1) is 17.0. The van der Waals surface area contributed by atoms with Crippen molar-refractivity contribution >= 4 is 23.5 Å². The molecule has 0 unspecified atom stereocenters. The van der Waals surface area contributed by atoms with Crippen LogP contribution < -0.4 is 0 Å². The van der Waals surface area contributed by atoms with Crippen molar-refractivity contribution in [2.24, 2.45) is 0 Å². The number of hydrogen-bond acceptors (Lipinski definition) is 4. The van der Waals surface area contributed by atoms with Crippen LogP contribution in [0, 0.1) is 0 Å². The molecule has 0 saturated heterocycles. The van der Waals surface area contributed by atoms with E-state index in [1.54, 1.807) is 24.3 Å². The number of carbonyl (C=O) groups is 2. The van der Waals surface area contributed by atoms with Crippen molar-refractivity contribution in [3.05, 3.63) is 41.2 Å². The molecule has 0 aliphatic carbocycles. The number of rotatable bonds is 7. The molecule has 0 bridgehead atoms. The third-order valence-electron chi connectivity index (χ3n) is 3.31. The van der Waals surface area contributed by atoms with Crippen molar-refractivity contribution in [3.8, 4) is 11.5 Å². The quantitative estimate of drug-likeness (QED) is 0.840. The third-order valence-corrected chi connectivity index (χ3v) is 3.56. The average molecular weight is 337 g/mol. The Hall–Kier alpha value is -2.34. The van der Waals surface area contributed by atoms with Gasteiger partial charge in [-0.3, -0.25) is 9.59 Å². The number of aliphatic carboxylic acids is 1. The normalized spacial score (nSPS) is 10.5. The fourth-order valence-corrected chi connectivity index (χ4v) is 2.20. The molecule has 0 spiro atoms. The van der Waals surface area contributed by atoms with Gasteiger partial charge in [-0.25, -0.2) is 4.98 Å². The monoisotopic (exact) mass is 336 g/mol. The number of carboxylic acids is 1. The molecule has 0 aliphatic rings. The maximum absolute atomic E-state index is 12.2. The van der Waals surface area contributed by atoms with Crippen molar-refractivity contribution < 1.29 is 19.1 Å². The van der Waals surface area contributed by atoms with E-state index < -0.39 is 5.97 Å². The average Bonchev–Trinajstić information content (AvgIpc) is 2.96. The number of amides is 1. The molecular formula is C16H17ClN2O4. The van der Waals surface area contributed by atoms with Crippen LogP contribution in [-0.2, 0) is 16.0 Å². The maximum Gasteiger partial charge on any atom is 0.305 e. The van der Waals surface area contributed by atoms with Crippen molar-refractivity contribution in [1.29, 1.82) is 0 Å². The lowest BCUT2D eigenvalue weighted by atomic mass is 10.2. The SMILES string of the molecule is CCN(CCC(=O)O)C(=O)Cc1coc(-c2ccc(Cl)cc2)n1. The summed E-state index contributed by atoms with van der Waals surface area (Å²) in [5.74, 6) is -0.689. The fraction of sp³-hybridized carbons (Fsp3) is 0.312. The van der Waals surface area contributed by atoms with E-state index in [2.05, 4.69) is 4.98 Å². The molecule has 7 heteroatoms. The Kier molecular flexibility index (Phi) is 5.76. The Morgan fingerprint density at radius 2 is 2.00 bits per heavy atom. The molecule has 23 heavy (non-hydrogen) atoms. The predicted octanol–water partition coefficient (Wildman–Crippen LogP) is 2.86. The largest absolute Gasteiger partial charge is 0.481 e. The van der Waals surface area contributed by atoms with E-state index in [0.717, 1.165) is 5.56 Å². The molecule has 1 aromatic carbocycles. The molecule has 1 aromatic heterocycles. The highest BCUT2D eigenvalue weighted by Gasteiger charge is 2.16. The van der Waals surface area contributed by atoms with Crippen LogP contribution in [0.3, 0.4) is 0 Å². The second kappa shape index (κ2) is 7.78. The van der Waals surface area contributed by atoms with Crippen LogP contribution in [0.25, 0.3) is 11.5 Å². The summed E-state index contributed by atoms with van der Waals surface area (Å²) in [6.45, 7) is 2.45. The Balaban J connectivity index is 2.01. The second-order valence-corrected chi connectivity index (χ2v) is 5.38.